The van der Waals surface area contributed by atoms with E-state index in [1.165, 1.54) is 0 Å². The summed E-state index contributed by atoms with van der Waals surface area (Å²) < 4.78 is 5.31. The second-order valence-electron chi connectivity index (χ2n) is 4.32. The first-order chi connectivity index (χ1) is 8.90. The summed E-state index contributed by atoms with van der Waals surface area (Å²) in [5.74, 6) is -1.23. The third-order valence-electron chi connectivity index (χ3n) is 2.55. The maximum atomic E-state index is 11.1. The fourth-order valence-corrected chi connectivity index (χ4v) is 2.02. The molecular formula is C13H11Cl2NO3. The van der Waals surface area contributed by atoms with E-state index in [1.807, 2.05) is 13.8 Å². The largest absolute Gasteiger partial charge is 0.475 e. The summed E-state index contributed by atoms with van der Waals surface area (Å²) in [6, 6.07) is 4.84. The van der Waals surface area contributed by atoms with Gasteiger partial charge in [-0.05, 0) is 24.1 Å². The van der Waals surface area contributed by atoms with E-state index in [0.717, 1.165) is 0 Å². The molecule has 1 aromatic heterocycles. The second kappa shape index (κ2) is 5.23. The molecule has 0 amide bonds. The highest BCUT2D eigenvalue weighted by Crippen LogP contribution is 2.32. The number of rotatable bonds is 3. The van der Waals surface area contributed by atoms with Crippen LogP contribution in [-0.4, -0.2) is 16.1 Å². The van der Waals surface area contributed by atoms with Gasteiger partial charge in [0.15, 0.2) is 0 Å². The van der Waals surface area contributed by atoms with Gasteiger partial charge in [0.05, 0.1) is 16.3 Å². The molecule has 1 N–H and O–H groups in total. The van der Waals surface area contributed by atoms with Crippen LogP contribution in [0, 0.1) is 0 Å². The quantitative estimate of drug-likeness (QED) is 0.908. The number of aromatic carboxylic acids is 1. The summed E-state index contributed by atoms with van der Waals surface area (Å²) in [7, 11) is 0. The van der Waals surface area contributed by atoms with Crippen molar-refractivity contribution in [2.24, 2.45) is 0 Å². The molecule has 0 saturated carbocycles. The third-order valence-corrected chi connectivity index (χ3v) is 3.12. The van der Waals surface area contributed by atoms with E-state index in [4.69, 9.17) is 32.7 Å². The van der Waals surface area contributed by atoms with Gasteiger partial charge < -0.3 is 9.52 Å². The SMILES string of the molecule is CC(C)c1nc(-c2cc(Cl)ccc2Cl)oc1C(=O)O. The average Bonchev–Trinajstić information content (AvgIpc) is 2.77. The molecule has 0 aliphatic carbocycles. The molecule has 2 aromatic rings. The number of hydrogen-bond donors (Lipinski definition) is 1. The minimum absolute atomic E-state index is 0.0680. The Bertz CT molecular complexity index is 635. The van der Waals surface area contributed by atoms with Crippen molar-refractivity contribution in [3.8, 4) is 11.5 Å². The summed E-state index contributed by atoms with van der Waals surface area (Å²) >= 11 is 11.9. The van der Waals surface area contributed by atoms with Crippen molar-refractivity contribution in [3.63, 3.8) is 0 Å². The second-order valence-corrected chi connectivity index (χ2v) is 5.16. The van der Waals surface area contributed by atoms with Crippen LogP contribution in [0.5, 0.6) is 0 Å². The van der Waals surface area contributed by atoms with E-state index >= 15 is 0 Å². The minimum atomic E-state index is -1.15. The Morgan fingerprint density at radius 2 is 2.05 bits per heavy atom. The van der Waals surface area contributed by atoms with E-state index in [1.54, 1.807) is 18.2 Å². The van der Waals surface area contributed by atoms with Crippen LogP contribution in [0.2, 0.25) is 10.0 Å². The smallest absolute Gasteiger partial charge is 0.373 e. The molecular weight excluding hydrogens is 289 g/mol. The molecule has 0 unspecified atom stereocenters. The van der Waals surface area contributed by atoms with Crippen molar-refractivity contribution < 1.29 is 14.3 Å². The van der Waals surface area contributed by atoms with E-state index < -0.39 is 5.97 Å². The van der Waals surface area contributed by atoms with Crippen LogP contribution in [0.15, 0.2) is 22.6 Å². The summed E-state index contributed by atoms with van der Waals surface area (Å²) in [4.78, 5) is 15.3. The predicted octanol–water partition coefficient (Wildman–Crippen LogP) is 4.47. The molecule has 100 valence electrons. The van der Waals surface area contributed by atoms with Crippen molar-refractivity contribution in [3.05, 3.63) is 39.7 Å². The van der Waals surface area contributed by atoms with Gasteiger partial charge in [0, 0.05) is 5.02 Å². The molecule has 0 radical (unpaired) electrons. The number of carboxylic acid groups (broad SMARTS) is 1. The number of aromatic nitrogens is 1. The van der Waals surface area contributed by atoms with Gasteiger partial charge >= 0.3 is 5.97 Å². The highest BCUT2D eigenvalue weighted by atomic mass is 35.5. The number of carbonyl (C=O) groups is 1. The zero-order valence-corrected chi connectivity index (χ0v) is 11.8. The molecule has 4 nitrogen and oxygen atoms in total. The summed E-state index contributed by atoms with van der Waals surface area (Å²) in [6.07, 6.45) is 0. The molecule has 19 heavy (non-hydrogen) atoms. The Morgan fingerprint density at radius 3 is 2.58 bits per heavy atom. The van der Waals surface area contributed by atoms with Gasteiger partial charge in [-0.25, -0.2) is 9.78 Å². The van der Waals surface area contributed by atoms with Gasteiger partial charge in [0.25, 0.3) is 0 Å². The lowest BCUT2D eigenvalue weighted by atomic mass is 10.1. The highest BCUT2D eigenvalue weighted by Gasteiger charge is 2.23. The molecule has 1 heterocycles. The fourth-order valence-electron chi connectivity index (χ4n) is 1.65. The molecule has 1 aromatic carbocycles. The fraction of sp³-hybridized carbons (Fsp3) is 0.231. The van der Waals surface area contributed by atoms with Crippen LogP contribution < -0.4 is 0 Å². The van der Waals surface area contributed by atoms with Crippen LogP contribution in [0.1, 0.15) is 36.0 Å². The molecule has 0 aliphatic rings. The zero-order chi connectivity index (χ0) is 14.2. The molecule has 0 bridgehead atoms. The molecule has 6 heteroatoms. The molecule has 0 fully saturated rings. The topological polar surface area (TPSA) is 63.3 Å². The van der Waals surface area contributed by atoms with Crippen LogP contribution >= 0.6 is 23.2 Å². The number of nitrogens with zero attached hydrogens (tertiary/aromatic N) is 1. The number of halogens is 2. The van der Waals surface area contributed by atoms with E-state index in [0.29, 0.717) is 21.3 Å². The monoisotopic (exact) mass is 299 g/mol. The Morgan fingerprint density at radius 1 is 1.37 bits per heavy atom. The third kappa shape index (κ3) is 2.74. The van der Waals surface area contributed by atoms with Crippen LogP contribution in [0.3, 0.4) is 0 Å². The molecule has 2 rings (SSSR count). The van der Waals surface area contributed by atoms with E-state index in [-0.39, 0.29) is 17.6 Å². The van der Waals surface area contributed by atoms with Gasteiger partial charge in [0.1, 0.15) is 0 Å². The van der Waals surface area contributed by atoms with Crippen LogP contribution in [-0.2, 0) is 0 Å². The van der Waals surface area contributed by atoms with Crippen molar-refractivity contribution in [2.45, 2.75) is 19.8 Å². The highest BCUT2D eigenvalue weighted by molar-refractivity contribution is 6.35. The number of oxazole rings is 1. The first-order valence-corrected chi connectivity index (χ1v) is 6.35. The van der Waals surface area contributed by atoms with E-state index in [9.17, 15) is 4.79 Å². The summed E-state index contributed by atoms with van der Waals surface area (Å²) in [6.45, 7) is 3.68. The van der Waals surface area contributed by atoms with Gasteiger partial charge in [-0.1, -0.05) is 37.0 Å². The molecule has 0 atom stereocenters. The van der Waals surface area contributed by atoms with Crippen LogP contribution in [0.4, 0.5) is 0 Å². The normalized spacial score (nSPS) is 11.0. The van der Waals surface area contributed by atoms with Gasteiger partial charge in [-0.3, -0.25) is 0 Å². The van der Waals surface area contributed by atoms with Crippen LogP contribution in [0.25, 0.3) is 11.5 Å². The molecule has 0 spiro atoms. The maximum Gasteiger partial charge on any atom is 0.373 e. The van der Waals surface area contributed by atoms with Crippen molar-refractivity contribution in [1.82, 2.24) is 4.98 Å². The lowest BCUT2D eigenvalue weighted by Gasteiger charge is -1.99. The number of hydrogen-bond acceptors (Lipinski definition) is 3. The lowest BCUT2D eigenvalue weighted by molar-refractivity contribution is 0.0661. The first kappa shape index (κ1) is 13.9. The van der Waals surface area contributed by atoms with E-state index in [2.05, 4.69) is 4.98 Å². The van der Waals surface area contributed by atoms with Crippen molar-refractivity contribution >= 4 is 29.2 Å². The zero-order valence-electron chi connectivity index (χ0n) is 10.3. The van der Waals surface area contributed by atoms with Crippen molar-refractivity contribution in [2.75, 3.05) is 0 Å². The molecule has 0 aliphatic heterocycles. The Labute approximate surface area is 120 Å². The van der Waals surface area contributed by atoms with Gasteiger partial charge in [-0.2, -0.15) is 0 Å². The Balaban J connectivity index is 2.60. The molecule has 0 saturated heterocycles. The summed E-state index contributed by atoms with van der Waals surface area (Å²) in [5.41, 5.74) is 0.863. The Hall–Kier alpha value is -1.52. The minimum Gasteiger partial charge on any atom is -0.475 e. The van der Waals surface area contributed by atoms with Gasteiger partial charge in [-0.15, -0.1) is 0 Å². The standard InChI is InChI=1S/C13H11Cl2NO3/c1-6(2)10-11(13(17)18)19-12(16-10)8-5-7(14)3-4-9(8)15/h3-6H,1-2H3,(H,17,18). The lowest BCUT2D eigenvalue weighted by Crippen LogP contribution is -2.01. The number of benzene rings is 1. The predicted molar refractivity (Wildman–Crippen MR) is 73.0 cm³/mol. The Kier molecular flexibility index (Phi) is 3.83. The summed E-state index contributed by atoms with van der Waals surface area (Å²) in [5, 5.41) is 9.98. The average molecular weight is 300 g/mol. The first-order valence-electron chi connectivity index (χ1n) is 5.59. The number of carboxylic acids is 1. The maximum absolute atomic E-state index is 11.1. The van der Waals surface area contributed by atoms with Crippen molar-refractivity contribution in [1.29, 1.82) is 0 Å². The van der Waals surface area contributed by atoms with Gasteiger partial charge in [0.2, 0.25) is 11.7 Å².